The molecule has 0 heterocycles. The van der Waals surface area contributed by atoms with Gasteiger partial charge in [0.25, 0.3) is 0 Å². The van der Waals surface area contributed by atoms with Gasteiger partial charge in [0.15, 0.2) is 0 Å². The zero-order valence-electron chi connectivity index (χ0n) is 5.21. The maximum Gasteiger partial charge on any atom is 0.466 e. The molecule has 0 aromatic carbocycles. The van der Waals surface area contributed by atoms with Crippen LogP contribution in [0.15, 0.2) is 0 Å². The number of nitrogens with two attached hydrogens (primary N) is 3. The Morgan fingerprint density at radius 3 is 1.40 bits per heavy atom. The smallest absolute Gasteiger partial charge is 0.328 e. The van der Waals surface area contributed by atoms with E-state index in [1.165, 1.54) is 0 Å². The van der Waals surface area contributed by atoms with Crippen LogP contribution in [-0.4, -0.2) is 27.4 Å². The Balaban J connectivity index is 0. The quantitative estimate of drug-likeness (QED) is 0.185. The highest BCUT2D eigenvalue weighted by Crippen LogP contribution is 2.25. The third kappa shape index (κ3) is 98.6. The van der Waals surface area contributed by atoms with Crippen molar-refractivity contribution in [2.45, 2.75) is 6.17 Å². The maximum atomic E-state index is 8.88. The van der Waals surface area contributed by atoms with Gasteiger partial charge in [0.2, 0.25) is 0 Å². The zero-order valence-corrected chi connectivity index (χ0v) is 6.11. The fourth-order valence-corrected chi connectivity index (χ4v) is 0. The Bertz CT molecular complexity index is 103. The van der Waals surface area contributed by atoms with Crippen LogP contribution >= 0.6 is 7.82 Å². The monoisotopic (exact) mass is 173 g/mol. The van der Waals surface area contributed by atoms with Crippen molar-refractivity contribution >= 4 is 7.82 Å². The molecule has 9 N–H and O–H groups in total. The summed E-state index contributed by atoms with van der Waals surface area (Å²) in [5.74, 6) is 0. The number of rotatable bonds is 1. The zero-order chi connectivity index (χ0) is 8.78. The lowest BCUT2D eigenvalue weighted by molar-refractivity contribution is 0.275. The fraction of sp³-hybridized carbons (Fsp3) is 1.00. The molecule has 8 heteroatoms. The molecule has 0 fully saturated rings. The third-order valence-electron chi connectivity index (χ3n) is 0.272. The first-order valence-electron chi connectivity index (χ1n) is 2.27. The van der Waals surface area contributed by atoms with E-state index in [4.69, 9.17) is 36.4 Å². The van der Waals surface area contributed by atoms with E-state index in [1.807, 2.05) is 0 Å². The minimum Gasteiger partial charge on any atom is -0.328 e. The third-order valence-corrected chi connectivity index (χ3v) is 0.272. The predicted octanol–water partition coefficient (Wildman–Crippen LogP) is -2.74. The first-order valence-corrected chi connectivity index (χ1v) is 3.83. The van der Waals surface area contributed by atoms with Gasteiger partial charge in [-0.3, -0.25) is 0 Å². The van der Waals surface area contributed by atoms with E-state index in [0.717, 1.165) is 0 Å². The molecule has 0 unspecified atom stereocenters. The Morgan fingerprint density at radius 1 is 1.30 bits per heavy atom. The molecular weight excluding hydrogens is 161 g/mol. The molecule has 7 nitrogen and oxygen atoms in total. The molecule has 0 atom stereocenters. The standard InChI is InChI=1S/C2H9N3.H3O4P/c3-1-2(4)5;1-5(2,3)4/h2H,1,3-5H2;(H3,1,2,3,4). The number of hydrogen-bond donors (Lipinski definition) is 6. The van der Waals surface area contributed by atoms with Crippen molar-refractivity contribution in [3.05, 3.63) is 0 Å². The van der Waals surface area contributed by atoms with E-state index in [9.17, 15) is 0 Å². The van der Waals surface area contributed by atoms with E-state index >= 15 is 0 Å². The van der Waals surface area contributed by atoms with Crippen molar-refractivity contribution in [3.63, 3.8) is 0 Å². The van der Waals surface area contributed by atoms with E-state index in [1.54, 1.807) is 0 Å². The van der Waals surface area contributed by atoms with Crippen molar-refractivity contribution in [1.82, 2.24) is 0 Å². The van der Waals surface area contributed by atoms with E-state index in [0.29, 0.717) is 6.54 Å². The SMILES string of the molecule is NCC(N)N.O=P(O)(O)O. The summed E-state index contributed by atoms with van der Waals surface area (Å²) < 4.78 is 8.88. The van der Waals surface area contributed by atoms with Gasteiger partial charge in [0, 0.05) is 6.54 Å². The van der Waals surface area contributed by atoms with Crippen LogP contribution in [0.3, 0.4) is 0 Å². The largest absolute Gasteiger partial charge is 0.466 e. The molecule has 0 aliphatic heterocycles. The van der Waals surface area contributed by atoms with E-state index < -0.39 is 7.82 Å². The normalized spacial score (nSPS) is 10.7. The van der Waals surface area contributed by atoms with Crippen LogP contribution in [0.2, 0.25) is 0 Å². The summed E-state index contributed by atoms with van der Waals surface area (Å²) in [7, 11) is -4.64. The molecule has 0 aliphatic carbocycles. The van der Waals surface area contributed by atoms with Crippen molar-refractivity contribution in [2.24, 2.45) is 17.2 Å². The molecule has 0 bridgehead atoms. The van der Waals surface area contributed by atoms with Gasteiger partial charge in [0.05, 0.1) is 6.17 Å². The second-order valence-electron chi connectivity index (χ2n) is 1.41. The highest BCUT2D eigenvalue weighted by Gasteiger charge is 2.00. The summed E-state index contributed by atoms with van der Waals surface area (Å²) in [6.07, 6.45) is -0.338. The maximum absolute atomic E-state index is 8.88. The van der Waals surface area contributed by atoms with Crippen LogP contribution < -0.4 is 17.2 Å². The lowest BCUT2D eigenvalue weighted by Crippen LogP contribution is -2.37. The summed E-state index contributed by atoms with van der Waals surface area (Å²) in [6, 6.07) is 0. The lowest BCUT2D eigenvalue weighted by atomic mass is 10.6. The minimum atomic E-state index is -4.64. The second kappa shape index (κ2) is 5.75. The van der Waals surface area contributed by atoms with Crippen molar-refractivity contribution in [3.8, 4) is 0 Å². The Morgan fingerprint density at radius 2 is 1.40 bits per heavy atom. The van der Waals surface area contributed by atoms with Gasteiger partial charge in [-0.2, -0.15) is 0 Å². The molecule has 0 amide bonds. The molecule has 0 radical (unpaired) electrons. The highest BCUT2D eigenvalue weighted by atomic mass is 31.2. The van der Waals surface area contributed by atoms with Gasteiger partial charge in [-0.1, -0.05) is 0 Å². The Labute approximate surface area is 58.1 Å². The summed E-state index contributed by atoms with van der Waals surface area (Å²) in [4.78, 5) is 21.6. The molecular formula is C2H12N3O4P. The second-order valence-corrected chi connectivity index (χ2v) is 2.44. The van der Waals surface area contributed by atoms with Crippen molar-refractivity contribution in [2.75, 3.05) is 6.54 Å². The molecule has 10 heavy (non-hydrogen) atoms. The first kappa shape index (κ1) is 12.6. The van der Waals surface area contributed by atoms with Crippen LogP contribution in [0.25, 0.3) is 0 Å². The molecule has 0 rings (SSSR count). The first-order chi connectivity index (χ1) is 4.27. The van der Waals surface area contributed by atoms with Gasteiger partial charge in [-0.25, -0.2) is 4.57 Å². The van der Waals surface area contributed by atoms with Crippen molar-refractivity contribution in [1.29, 1.82) is 0 Å². The van der Waals surface area contributed by atoms with Gasteiger partial charge < -0.3 is 31.9 Å². The fourth-order valence-electron chi connectivity index (χ4n) is 0. The molecule has 64 valence electrons. The van der Waals surface area contributed by atoms with Crippen LogP contribution in [0, 0.1) is 0 Å². The van der Waals surface area contributed by atoms with E-state index in [-0.39, 0.29) is 6.17 Å². The molecule has 0 aromatic heterocycles. The number of phosphoric acid groups is 1. The average Bonchev–Trinajstić information content (AvgIpc) is 1.61. The Hall–Kier alpha value is -0.0100. The average molecular weight is 173 g/mol. The molecule has 0 aliphatic rings. The molecule has 0 saturated carbocycles. The summed E-state index contributed by atoms with van der Waals surface area (Å²) >= 11 is 0. The topological polar surface area (TPSA) is 156 Å². The van der Waals surface area contributed by atoms with Gasteiger partial charge in [0.1, 0.15) is 0 Å². The van der Waals surface area contributed by atoms with Gasteiger partial charge in [-0.05, 0) is 0 Å². The van der Waals surface area contributed by atoms with Crippen LogP contribution in [-0.2, 0) is 4.57 Å². The number of hydrogen-bond acceptors (Lipinski definition) is 4. The van der Waals surface area contributed by atoms with Crippen LogP contribution in [0.1, 0.15) is 0 Å². The Kier molecular flexibility index (Phi) is 7.27. The van der Waals surface area contributed by atoms with Crippen LogP contribution in [0.4, 0.5) is 0 Å². The minimum absolute atomic E-state index is 0.338. The molecule has 0 spiro atoms. The molecule has 0 aromatic rings. The van der Waals surface area contributed by atoms with Crippen LogP contribution in [0.5, 0.6) is 0 Å². The van der Waals surface area contributed by atoms with Crippen molar-refractivity contribution < 1.29 is 19.2 Å². The lowest BCUT2D eigenvalue weighted by Gasteiger charge is -1.93. The highest BCUT2D eigenvalue weighted by molar-refractivity contribution is 7.45. The summed E-state index contributed by atoms with van der Waals surface area (Å²) in [5, 5.41) is 0. The summed E-state index contributed by atoms with van der Waals surface area (Å²) in [5.41, 5.74) is 14.8. The summed E-state index contributed by atoms with van der Waals surface area (Å²) in [6.45, 7) is 0.361. The molecule has 0 saturated heterocycles. The predicted molar refractivity (Wildman–Crippen MR) is 35.5 cm³/mol. The van der Waals surface area contributed by atoms with Gasteiger partial charge in [-0.15, -0.1) is 0 Å². The van der Waals surface area contributed by atoms with Gasteiger partial charge >= 0.3 is 7.82 Å². The van der Waals surface area contributed by atoms with E-state index in [2.05, 4.69) is 0 Å².